The van der Waals surface area contributed by atoms with Gasteiger partial charge < -0.3 is 18.9 Å². The van der Waals surface area contributed by atoms with Crippen molar-refractivity contribution in [3.8, 4) is 0 Å². The van der Waals surface area contributed by atoms with Crippen LogP contribution in [0.1, 0.15) is 11.1 Å². The van der Waals surface area contributed by atoms with Crippen LogP contribution in [0.4, 0.5) is 0 Å². The molecule has 0 radical (unpaired) electrons. The van der Waals surface area contributed by atoms with Gasteiger partial charge in [-0.2, -0.15) is 0 Å². The maximum atomic E-state index is 12.8. The highest BCUT2D eigenvalue weighted by molar-refractivity contribution is 5.89. The Morgan fingerprint density at radius 2 is 1.61 bits per heavy atom. The molecule has 6 heteroatoms. The second-order valence-electron chi connectivity index (χ2n) is 6.62. The quantitative estimate of drug-likeness (QED) is 0.599. The normalized spacial score (nSPS) is 21.9. The van der Waals surface area contributed by atoms with E-state index in [1.165, 1.54) is 0 Å². The Kier molecular flexibility index (Phi) is 8.14. The van der Waals surface area contributed by atoms with Crippen LogP contribution in [0.15, 0.2) is 60.7 Å². The van der Waals surface area contributed by atoms with Gasteiger partial charge in [0.15, 0.2) is 6.23 Å². The molecule has 1 aliphatic rings. The molecule has 2 aromatic rings. The van der Waals surface area contributed by atoms with Gasteiger partial charge in [-0.25, -0.2) is 0 Å². The van der Waals surface area contributed by atoms with E-state index in [-0.39, 0.29) is 12.4 Å². The van der Waals surface area contributed by atoms with Crippen molar-refractivity contribution in [3.63, 3.8) is 0 Å². The average molecular weight is 385 g/mol. The molecular formula is C22H27NO5. The zero-order chi connectivity index (χ0) is 19.6. The van der Waals surface area contributed by atoms with E-state index in [9.17, 15) is 4.79 Å². The topological polar surface area (TPSA) is 66.0 Å². The first-order chi connectivity index (χ1) is 13.8. The van der Waals surface area contributed by atoms with Crippen LogP contribution in [0.3, 0.4) is 0 Å². The second kappa shape index (κ2) is 11.0. The molecule has 0 bridgehead atoms. The smallest absolute Gasteiger partial charge is 0.207 e. The molecule has 2 aromatic carbocycles. The third kappa shape index (κ3) is 5.95. The number of hydrogen-bond acceptors (Lipinski definition) is 6. The van der Waals surface area contributed by atoms with Crippen LogP contribution >= 0.6 is 0 Å². The van der Waals surface area contributed by atoms with E-state index in [0.29, 0.717) is 26.4 Å². The number of Topliss-reactive ketones (excluding diaryl/α,β-unsaturated/α-hetero) is 1. The van der Waals surface area contributed by atoms with Crippen molar-refractivity contribution in [1.82, 2.24) is 5.32 Å². The van der Waals surface area contributed by atoms with Gasteiger partial charge >= 0.3 is 0 Å². The summed E-state index contributed by atoms with van der Waals surface area (Å²) in [5.41, 5.74) is 2.08. The summed E-state index contributed by atoms with van der Waals surface area (Å²) in [5, 5.41) is 3.07. The first-order valence-corrected chi connectivity index (χ1v) is 9.46. The fraction of sp³-hybridized carbons (Fsp3) is 0.409. The van der Waals surface area contributed by atoms with Gasteiger partial charge in [0, 0.05) is 13.7 Å². The van der Waals surface area contributed by atoms with Gasteiger partial charge in [-0.15, -0.1) is 0 Å². The standard InChI is InChI=1S/C22H27NO5/c1-25-13-12-23-22-20(24)21(27-15-18-10-6-3-7-11-18)19(28-22)16-26-14-17-8-4-2-5-9-17/h2-11,19,21-23H,12-16H2,1H3/t19-,21-,22?/m1/s1. The Bertz CT molecular complexity index is 709. The van der Waals surface area contributed by atoms with E-state index in [4.69, 9.17) is 18.9 Å². The molecular weight excluding hydrogens is 358 g/mol. The molecule has 150 valence electrons. The molecule has 0 saturated carbocycles. The van der Waals surface area contributed by atoms with Gasteiger partial charge in [-0.1, -0.05) is 60.7 Å². The van der Waals surface area contributed by atoms with E-state index < -0.39 is 18.4 Å². The molecule has 0 amide bonds. The summed E-state index contributed by atoms with van der Waals surface area (Å²) in [6.07, 6.45) is -1.84. The van der Waals surface area contributed by atoms with Crippen LogP contribution < -0.4 is 5.32 Å². The molecule has 0 aromatic heterocycles. The molecule has 1 saturated heterocycles. The third-order valence-corrected chi connectivity index (χ3v) is 4.49. The number of benzene rings is 2. The molecule has 0 aliphatic carbocycles. The van der Waals surface area contributed by atoms with Crippen molar-refractivity contribution in [3.05, 3.63) is 71.8 Å². The maximum absolute atomic E-state index is 12.8. The Hall–Kier alpha value is -2.09. The molecule has 1 heterocycles. The first-order valence-electron chi connectivity index (χ1n) is 9.46. The summed E-state index contributed by atoms with van der Waals surface area (Å²) >= 11 is 0. The van der Waals surface area contributed by atoms with Gasteiger partial charge in [0.1, 0.15) is 12.2 Å². The number of hydrogen-bond donors (Lipinski definition) is 1. The van der Waals surface area contributed by atoms with Crippen molar-refractivity contribution in [2.75, 3.05) is 26.9 Å². The van der Waals surface area contributed by atoms with Gasteiger partial charge in [-0.05, 0) is 11.1 Å². The van der Waals surface area contributed by atoms with E-state index in [0.717, 1.165) is 11.1 Å². The largest absolute Gasteiger partial charge is 0.383 e. The minimum Gasteiger partial charge on any atom is -0.383 e. The molecule has 0 spiro atoms. The Balaban J connectivity index is 1.57. The zero-order valence-corrected chi connectivity index (χ0v) is 16.1. The lowest BCUT2D eigenvalue weighted by molar-refractivity contribution is -0.131. The van der Waals surface area contributed by atoms with Crippen molar-refractivity contribution in [1.29, 1.82) is 0 Å². The summed E-state index contributed by atoms with van der Waals surface area (Å²) in [6, 6.07) is 19.7. The maximum Gasteiger partial charge on any atom is 0.207 e. The van der Waals surface area contributed by atoms with E-state index in [1.807, 2.05) is 60.7 Å². The lowest BCUT2D eigenvalue weighted by Crippen LogP contribution is -2.39. The van der Waals surface area contributed by atoms with E-state index >= 15 is 0 Å². The number of carbonyl (C=O) groups is 1. The summed E-state index contributed by atoms with van der Waals surface area (Å²) in [4.78, 5) is 12.8. The van der Waals surface area contributed by atoms with Crippen LogP contribution in [0, 0.1) is 0 Å². The Morgan fingerprint density at radius 1 is 0.964 bits per heavy atom. The minimum atomic E-state index is -0.707. The van der Waals surface area contributed by atoms with Crippen molar-refractivity contribution < 1.29 is 23.7 Å². The average Bonchev–Trinajstić information content (AvgIpc) is 3.03. The minimum absolute atomic E-state index is 0.111. The fourth-order valence-electron chi connectivity index (χ4n) is 3.03. The number of carbonyl (C=O) groups excluding carboxylic acids is 1. The fourth-order valence-corrected chi connectivity index (χ4v) is 3.03. The van der Waals surface area contributed by atoms with Crippen LogP contribution in [-0.2, 0) is 37.0 Å². The van der Waals surface area contributed by atoms with Crippen LogP contribution in [0.25, 0.3) is 0 Å². The van der Waals surface area contributed by atoms with Gasteiger partial charge in [-0.3, -0.25) is 10.1 Å². The monoisotopic (exact) mass is 385 g/mol. The third-order valence-electron chi connectivity index (χ3n) is 4.49. The highest BCUT2D eigenvalue weighted by Gasteiger charge is 2.44. The highest BCUT2D eigenvalue weighted by Crippen LogP contribution is 2.21. The van der Waals surface area contributed by atoms with Crippen LogP contribution in [0.5, 0.6) is 0 Å². The number of rotatable bonds is 11. The molecule has 1 fully saturated rings. The lowest BCUT2D eigenvalue weighted by Gasteiger charge is -2.18. The summed E-state index contributed by atoms with van der Waals surface area (Å²) in [5.74, 6) is -0.111. The summed E-state index contributed by atoms with van der Waals surface area (Å²) in [7, 11) is 1.62. The Morgan fingerprint density at radius 3 is 2.25 bits per heavy atom. The molecule has 1 N–H and O–H groups in total. The van der Waals surface area contributed by atoms with E-state index in [2.05, 4.69) is 5.32 Å². The second-order valence-corrected chi connectivity index (χ2v) is 6.62. The molecule has 1 unspecified atom stereocenters. The van der Waals surface area contributed by atoms with E-state index in [1.54, 1.807) is 7.11 Å². The zero-order valence-electron chi connectivity index (χ0n) is 16.1. The van der Waals surface area contributed by atoms with Gasteiger partial charge in [0.2, 0.25) is 5.78 Å². The lowest BCUT2D eigenvalue weighted by atomic mass is 10.1. The molecule has 6 nitrogen and oxygen atoms in total. The predicted molar refractivity (Wildman–Crippen MR) is 105 cm³/mol. The number of ether oxygens (including phenoxy) is 4. The van der Waals surface area contributed by atoms with Crippen LogP contribution in [-0.4, -0.2) is 51.1 Å². The molecule has 3 atom stereocenters. The molecule has 3 rings (SSSR count). The SMILES string of the molecule is COCCNC1O[C@H](COCc2ccccc2)[C@@H](OCc2ccccc2)C1=O. The molecule has 28 heavy (non-hydrogen) atoms. The Labute approximate surface area is 165 Å². The predicted octanol–water partition coefficient (Wildman–Crippen LogP) is 2.32. The number of ketones is 1. The first kappa shape index (κ1) is 20.6. The van der Waals surface area contributed by atoms with Crippen LogP contribution in [0.2, 0.25) is 0 Å². The van der Waals surface area contributed by atoms with Crippen molar-refractivity contribution in [2.24, 2.45) is 0 Å². The molecule has 1 aliphatic heterocycles. The van der Waals surface area contributed by atoms with Gasteiger partial charge in [0.25, 0.3) is 0 Å². The number of methoxy groups -OCH3 is 1. The highest BCUT2D eigenvalue weighted by atomic mass is 16.6. The summed E-state index contributed by atoms with van der Waals surface area (Å²) < 4.78 is 22.6. The number of nitrogens with one attached hydrogen (secondary N) is 1. The van der Waals surface area contributed by atoms with Crippen molar-refractivity contribution in [2.45, 2.75) is 31.6 Å². The van der Waals surface area contributed by atoms with Gasteiger partial charge in [0.05, 0.1) is 26.4 Å². The van der Waals surface area contributed by atoms with Crippen molar-refractivity contribution >= 4 is 5.78 Å². The summed E-state index contributed by atoms with van der Waals surface area (Å²) in [6.45, 7) is 2.11.